The summed E-state index contributed by atoms with van der Waals surface area (Å²) in [4.78, 5) is 37.2. The highest BCUT2D eigenvalue weighted by molar-refractivity contribution is 6.01. The summed E-state index contributed by atoms with van der Waals surface area (Å²) in [7, 11) is 0. The Labute approximate surface area is 187 Å². The van der Waals surface area contributed by atoms with E-state index in [1.807, 2.05) is 0 Å². The van der Waals surface area contributed by atoms with E-state index in [2.05, 4.69) is 0 Å². The van der Waals surface area contributed by atoms with Crippen LogP contribution >= 0.6 is 0 Å². The molecule has 2 N–H and O–H groups in total. The van der Waals surface area contributed by atoms with E-state index in [1.54, 1.807) is 33.8 Å². The monoisotopic (exact) mass is 448 g/mol. The number of ketones is 2. The van der Waals surface area contributed by atoms with Crippen molar-refractivity contribution in [3.05, 3.63) is 23.8 Å². The minimum atomic E-state index is -1.99. The maximum Gasteiger partial charge on any atom is 0.305 e. The fraction of sp³-hybridized carbons (Fsp3) is 0.720. The van der Waals surface area contributed by atoms with Crippen molar-refractivity contribution in [3.63, 3.8) is 0 Å². The van der Waals surface area contributed by atoms with Crippen LogP contribution in [-0.2, 0) is 19.1 Å². The first kappa shape index (κ1) is 23.3. The summed E-state index contributed by atoms with van der Waals surface area (Å²) in [6, 6.07) is 0. The lowest BCUT2D eigenvalue weighted by Gasteiger charge is -2.63. The van der Waals surface area contributed by atoms with Crippen molar-refractivity contribution in [1.29, 1.82) is 0 Å². The summed E-state index contributed by atoms with van der Waals surface area (Å²) in [5.74, 6) is -2.81. The van der Waals surface area contributed by atoms with Crippen LogP contribution in [0.1, 0.15) is 59.8 Å². The minimum absolute atomic E-state index is 0.0341. The quantitative estimate of drug-likeness (QED) is 0.642. The summed E-state index contributed by atoms with van der Waals surface area (Å²) in [5, 5.41) is 21.3. The molecular formula is C25H33FO6. The Hall–Kier alpha value is -1.86. The lowest BCUT2D eigenvalue weighted by molar-refractivity contribution is -0.230. The number of fused-ring (bicyclic) bond motifs is 5. The molecule has 32 heavy (non-hydrogen) atoms. The summed E-state index contributed by atoms with van der Waals surface area (Å²) >= 11 is 0. The summed E-state index contributed by atoms with van der Waals surface area (Å²) in [6.07, 6.45) is 4.69. The van der Waals surface area contributed by atoms with E-state index in [0.29, 0.717) is 24.8 Å². The molecule has 0 heterocycles. The van der Waals surface area contributed by atoms with Crippen LogP contribution in [0, 0.1) is 28.6 Å². The Morgan fingerprint density at radius 3 is 2.59 bits per heavy atom. The number of carbonyl (C=O) groups is 3. The second-order valence-corrected chi connectivity index (χ2v) is 10.6. The number of rotatable bonds is 4. The minimum Gasteiger partial charge on any atom is -0.459 e. The van der Waals surface area contributed by atoms with Crippen LogP contribution in [0.25, 0.3) is 0 Å². The number of carbonyl (C=O) groups excluding carboxylic acids is 3. The average molecular weight is 449 g/mol. The van der Waals surface area contributed by atoms with E-state index in [-0.39, 0.29) is 24.5 Å². The van der Waals surface area contributed by atoms with Crippen LogP contribution in [0.2, 0.25) is 0 Å². The molecule has 0 bridgehead atoms. The number of alkyl halides is 1. The van der Waals surface area contributed by atoms with Crippen LogP contribution < -0.4 is 0 Å². The van der Waals surface area contributed by atoms with Gasteiger partial charge in [0.2, 0.25) is 0 Å². The Kier molecular flexibility index (Phi) is 5.33. The second kappa shape index (κ2) is 7.32. The molecule has 0 aromatic heterocycles. The highest BCUT2D eigenvalue weighted by Crippen LogP contribution is 2.71. The number of ether oxygens (including phenoxy) is 1. The fourth-order valence-electron chi connectivity index (χ4n) is 7.59. The molecule has 3 saturated carbocycles. The van der Waals surface area contributed by atoms with Gasteiger partial charge in [0, 0.05) is 23.2 Å². The maximum absolute atomic E-state index is 17.6. The third kappa shape index (κ3) is 2.67. The van der Waals surface area contributed by atoms with E-state index in [4.69, 9.17) is 4.74 Å². The van der Waals surface area contributed by atoms with E-state index < -0.39 is 58.4 Å². The van der Waals surface area contributed by atoms with Crippen molar-refractivity contribution < 1.29 is 33.7 Å². The van der Waals surface area contributed by atoms with Gasteiger partial charge in [0.1, 0.15) is 18.3 Å². The largest absolute Gasteiger partial charge is 0.459 e. The first-order valence-electron chi connectivity index (χ1n) is 11.6. The number of esters is 1. The Morgan fingerprint density at radius 1 is 1.28 bits per heavy atom. The van der Waals surface area contributed by atoms with Crippen molar-refractivity contribution >= 4 is 17.5 Å². The standard InChI is InChI=1S/C25H33FO6/c1-5-21(30)32-20-12-23(4)18(10-14(2)25(23,31)19(29)13-27)17-7-6-15-11-16(28)8-9-22(15,3)24(17,20)26/h8-9,11,14,17-18,20,27,31H,5-7,10,12-13H2,1-4H3/t14-,17-,18+,20-,22+,23+,24+,25+/m1/s1. The third-order valence-electron chi connectivity index (χ3n) is 9.33. The number of Topliss-reactive ketones (excluding diaryl/α,β-unsaturated/α-hetero) is 1. The van der Waals surface area contributed by atoms with Gasteiger partial charge in [0.15, 0.2) is 17.2 Å². The zero-order valence-corrected chi connectivity index (χ0v) is 19.2. The van der Waals surface area contributed by atoms with Crippen LogP contribution in [0.5, 0.6) is 0 Å². The van der Waals surface area contributed by atoms with Crippen molar-refractivity contribution in [2.24, 2.45) is 28.6 Å². The van der Waals surface area contributed by atoms with Gasteiger partial charge in [0.25, 0.3) is 0 Å². The maximum atomic E-state index is 17.6. The first-order valence-corrected chi connectivity index (χ1v) is 11.6. The molecule has 0 aliphatic heterocycles. The molecule has 4 aliphatic carbocycles. The Bertz CT molecular complexity index is 925. The lowest BCUT2D eigenvalue weighted by atomic mass is 9.44. The lowest BCUT2D eigenvalue weighted by Crippen LogP contribution is -2.70. The summed E-state index contributed by atoms with van der Waals surface area (Å²) < 4.78 is 23.3. The molecule has 3 fully saturated rings. The molecule has 0 saturated heterocycles. The molecule has 0 radical (unpaired) electrons. The van der Waals surface area contributed by atoms with Gasteiger partial charge in [-0.1, -0.05) is 32.4 Å². The van der Waals surface area contributed by atoms with Crippen molar-refractivity contribution in [3.8, 4) is 0 Å². The third-order valence-corrected chi connectivity index (χ3v) is 9.33. The molecule has 7 heteroatoms. The van der Waals surface area contributed by atoms with Gasteiger partial charge in [-0.3, -0.25) is 14.4 Å². The van der Waals surface area contributed by atoms with Crippen LogP contribution in [0.4, 0.5) is 4.39 Å². The van der Waals surface area contributed by atoms with Gasteiger partial charge in [0.05, 0.1) is 0 Å². The zero-order valence-electron chi connectivity index (χ0n) is 19.2. The molecule has 6 nitrogen and oxygen atoms in total. The van der Waals surface area contributed by atoms with Crippen molar-refractivity contribution in [2.75, 3.05) is 6.61 Å². The predicted molar refractivity (Wildman–Crippen MR) is 114 cm³/mol. The predicted octanol–water partition coefficient (Wildman–Crippen LogP) is 2.86. The summed E-state index contributed by atoms with van der Waals surface area (Å²) in [6.45, 7) is 6.12. The van der Waals surface area contributed by atoms with E-state index in [9.17, 15) is 24.6 Å². The van der Waals surface area contributed by atoms with Crippen LogP contribution in [-0.4, -0.2) is 51.7 Å². The molecule has 4 rings (SSSR count). The summed E-state index contributed by atoms with van der Waals surface area (Å²) in [5.41, 5.74) is -5.32. The van der Waals surface area contributed by atoms with Gasteiger partial charge in [-0.15, -0.1) is 0 Å². The number of hydrogen-bond donors (Lipinski definition) is 2. The van der Waals surface area contributed by atoms with Gasteiger partial charge >= 0.3 is 5.97 Å². The van der Waals surface area contributed by atoms with Gasteiger partial charge in [-0.05, 0) is 56.6 Å². The normalized spacial score (nSPS) is 47.2. The highest BCUT2D eigenvalue weighted by Gasteiger charge is 2.76. The van der Waals surface area contributed by atoms with E-state index in [0.717, 1.165) is 0 Å². The zero-order chi connectivity index (χ0) is 23.7. The number of halogens is 1. The van der Waals surface area contributed by atoms with E-state index in [1.165, 1.54) is 12.2 Å². The van der Waals surface area contributed by atoms with Gasteiger partial charge < -0.3 is 14.9 Å². The number of aliphatic hydroxyl groups is 2. The number of hydrogen-bond acceptors (Lipinski definition) is 6. The highest BCUT2D eigenvalue weighted by atomic mass is 19.1. The van der Waals surface area contributed by atoms with Crippen LogP contribution in [0.15, 0.2) is 23.8 Å². The molecule has 0 unspecified atom stereocenters. The fourth-order valence-corrected chi connectivity index (χ4v) is 7.59. The van der Waals surface area contributed by atoms with Crippen molar-refractivity contribution in [2.45, 2.75) is 77.2 Å². The molecule has 0 amide bonds. The molecule has 8 atom stereocenters. The van der Waals surface area contributed by atoms with Crippen molar-refractivity contribution in [1.82, 2.24) is 0 Å². The van der Waals surface area contributed by atoms with Gasteiger partial charge in [-0.25, -0.2) is 4.39 Å². The second-order valence-electron chi connectivity index (χ2n) is 10.6. The molecule has 0 aromatic carbocycles. The Balaban J connectivity index is 1.89. The smallest absolute Gasteiger partial charge is 0.305 e. The SMILES string of the molecule is CCC(=O)O[C@@H]1C[C@@]2(C)[C@@H](C[C@@H](C)[C@]2(O)C(=O)CO)[C@H]2CCC3=CC(=O)C=C[C@]3(C)[C@]21F. The Morgan fingerprint density at radius 2 is 1.97 bits per heavy atom. The number of aliphatic hydroxyl groups excluding tert-OH is 1. The molecule has 176 valence electrons. The number of allylic oxidation sites excluding steroid dienone is 4. The van der Waals surface area contributed by atoms with Gasteiger partial charge in [-0.2, -0.15) is 0 Å². The molecule has 0 spiro atoms. The molecule has 4 aliphatic rings. The average Bonchev–Trinajstić information content (AvgIpc) is 2.96. The molecule has 0 aromatic rings. The first-order chi connectivity index (χ1) is 14.9. The van der Waals surface area contributed by atoms with E-state index >= 15 is 4.39 Å². The topological polar surface area (TPSA) is 101 Å². The molecular weight excluding hydrogens is 415 g/mol. The van der Waals surface area contributed by atoms with Crippen LogP contribution in [0.3, 0.4) is 0 Å².